The summed E-state index contributed by atoms with van der Waals surface area (Å²) in [5.74, 6) is -0.0746. The van der Waals surface area contributed by atoms with Crippen LogP contribution in [0.15, 0.2) is 30.3 Å². The van der Waals surface area contributed by atoms with Gasteiger partial charge >= 0.3 is 0 Å². The van der Waals surface area contributed by atoms with E-state index in [4.69, 9.17) is 0 Å². The second-order valence-electron chi connectivity index (χ2n) is 4.89. The normalized spacial score (nSPS) is 23.2. The smallest absolute Gasteiger partial charge is 0.236 e. The molecule has 1 atom stereocenters. The molecule has 0 aliphatic carbocycles. The number of likely N-dealkylation sites (N-methyl/N-ethyl adjacent to an activating group) is 1. The number of amides is 1. The van der Waals surface area contributed by atoms with Crippen LogP contribution in [0.3, 0.4) is 0 Å². The molecule has 0 spiro atoms. The zero-order chi connectivity index (χ0) is 12.6. The molecule has 2 rings (SSSR count). The van der Waals surface area contributed by atoms with Gasteiger partial charge in [0.1, 0.15) is 11.5 Å². The number of carbonyl (C=O) groups is 2. The third-order valence-electron chi connectivity index (χ3n) is 3.43. The van der Waals surface area contributed by atoms with Gasteiger partial charge in [0.15, 0.2) is 5.78 Å². The first-order chi connectivity index (χ1) is 8.00. The third-order valence-corrected chi connectivity index (χ3v) is 3.43. The Kier molecular flexibility index (Phi) is 2.77. The lowest BCUT2D eigenvalue weighted by molar-refractivity contribution is -0.137. The summed E-state index contributed by atoms with van der Waals surface area (Å²) in [4.78, 5) is 26.2. The van der Waals surface area contributed by atoms with Crippen LogP contribution < -0.4 is 0 Å². The molecule has 1 unspecified atom stereocenters. The van der Waals surface area contributed by atoms with E-state index in [0.717, 1.165) is 5.56 Å². The van der Waals surface area contributed by atoms with Gasteiger partial charge in [-0.3, -0.25) is 9.59 Å². The van der Waals surface area contributed by atoms with Crippen molar-refractivity contribution < 1.29 is 9.59 Å². The molecule has 1 fully saturated rings. The zero-order valence-corrected chi connectivity index (χ0v) is 10.4. The lowest BCUT2D eigenvalue weighted by atomic mass is 9.86. The number of nitrogens with zero attached hydrogens (tertiary/aromatic N) is 1. The maximum Gasteiger partial charge on any atom is 0.236 e. The highest BCUT2D eigenvalue weighted by atomic mass is 16.2. The van der Waals surface area contributed by atoms with E-state index in [1.165, 1.54) is 0 Å². The minimum atomic E-state index is -0.892. The van der Waals surface area contributed by atoms with Crippen LogP contribution in [0.5, 0.6) is 0 Å². The van der Waals surface area contributed by atoms with Crippen LogP contribution in [0.1, 0.15) is 32.4 Å². The molecule has 90 valence electrons. The highest BCUT2D eigenvalue weighted by Gasteiger charge is 2.52. The fourth-order valence-corrected chi connectivity index (χ4v) is 2.36. The number of hydrogen-bond donors (Lipinski definition) is 0. The molecular weight excluding hydrogens is 214 g/mol. The topological polar surface area (TPSA) is 37.4 Å². The van der Waals surface area contributed by atoms with Crippen molar-refractivity contribution in [2.75, 3.05) is 6.54 Å². The number of likely N-dealkylation sites (tertiary alicyclic amines) is 1. The van der Waals surface area contributed by atoms with Crippen LogP contribution in [0.25, 0.3) is 0 Å². The Hall–Kier alpha value is -1.64. The molecule has 17 heavy (non-hydrogen) atoms. The molecule has 0 N–H and O–H groups in total. The Bertz CT molecular complexity index is 451. The van der Waals surface area contributed by atoms with Crippen LogP contribution in [-0.4, -0.2) is 23.1 Å². The standard InChI is InChI=1S/C14H17NO2/c1-4-15-11(10-8-6-5-7-9-10)12(16)14(2,3)13(15)17/h5-9,11H,4H2,1-3H3. The van der Waals surface area contributed by atoms with Gasteiger partial charge < -0.3 is 4.90 Å². The molecule has 1 aliphatic rings. The predicted molar refractivity (Wildman–Crippen MR) is 65.4 cm³/mol. The van der Waals surface area contributed by atoms with E-state index in [0.29, 0.717) is 6.54 Å². The van der Waals surface area contributed by atoms with E-state index >= 15 is 0 Å². The fourth-order valence-electron chi connectivity index (χ4n) is 2.36. The first kappa shape index (κ1) is 11.8. The van der Waals surface area contributed by atoms with Gasteiger partial charge in [-0.2, -0.15) is 0 Å². The van der Waals surface area contributed by atoms with Crippen LogP contribution in [-0.2, 0) is 9.59 Å². The van der Waals surface area contributed by atoms with E-state index in [9.17, 15) is 9.59 Å². The molecule has 0 saturated carbocycles. The van der Waals surface area contributed by atoms with Crippen molar-refractivity contribution in [3.05, 3.63) is 35.9 Å². The number of ketones is 1. The molecule has 0 bridgehead atoms. The van der Waals surface area contributed by atoms with Crippen LogP contribution in [0, 0.1) is 5.41 Å². The van der Waals surface area contributed by atoms with Crippen molar-refractivity contribution in [2.45, 2.75) is 26.8 Å². The van der Waals surface area contributed by atoms with Crippen LogP contribution in [0.4, 0.5) is 0 Å². The molecule has 1 heterocycles. The fraction of sp³-hybridized carbons (Fsp3) is 0.429. The van der Waals surface area contributed by atoms with Crippen molar-refractivity contribution in [3.8, 4) is 0 Å². The average molecular weight is 231 g/mol. The molecule has 0 aromatic heterocycles. The summed E-state index contributed by atoms with van der Waals surface area (Å²) < 4.78 is 0. The van der Waals surface area contributed by atoms with Crippen LogP contribution >= 0.6 is 0 Å². The van der Waals surface area contributed by atoms with E-state index in [1.807, 2.05) is 37.3 Å². The monoisotopic (exact) mass is 231 g/mol. The van der Waals surface area contributed by atoms with Gasteiger partial charge in [0, 0.05) is 6.54 Å². The highest BCUT2D eigenvalue weighted by molar-refractivity contribution is 6.13. The second kappa shape index (κ2) is 3.99. The molecule has 1 aromatic rings. The lowest BCUT2D eigenvalue weighted by Crippen LogP contribution is -2.32. The number of carbonyl (C=O) groups excluding carboxylic acids is 2. The highest BCUT2D eigenvalue weighted by Crippen LogP contribution is 2.40. The molecule has 1 saturated heterocycles. The predicted octanol–water partition coefficient (Wildman–Crippen LogP) is 2.19. The number of benzene rings is 1. The maximum atomic E-state index is 12.3. The SMILES string of the molecule is CCN1C(=O)C(C)(C)C(=O)C1c1ccccc1. The van der Waals surface area contributed by atoms with Gasteiger partial charge in [0.2, 0.25) is 5.91 Å². The van der Waals surface area contributed by atoms with Gasteiger partial charge in [-0.25, -0.2) is 0 Å². The second-order valence-corrected chi connectivity index (χ2v) is 4.89. The Morgan fingerprint density at radius 2 is 1.76 bits per heavy atom. The molecule has 1 amide bonds. The molecule has 1 aromatic carbocycles. The maximum absolute atomic E-state index is 12.3. The van der Waals surface area contributed by atoms with Crippen molar-refractivity contribution in [1.82, 2.24) is 4.90 Å². The van der Waals surface area contributed by atoms with Crippen molar-refractivity contribution in [1.29, 1.82) is 0 Å². The Balaban J connectivity index is 2.47. The largest absolute Gasteiger partial charge is 0.328 e. The Labute approximate surface area is 101 Å². The summed E-state index contributed by atoms with van der Waals surface area (Å²) >= 11 is 0. The van der Waals surface area contributed by atoms with E-state index in [1.54, 1.807) is 18.7 Å². The Morgan fingerprint density at radius 1 is 1.18 bits per heavy atom. The number of hydrogen-bond acceptors (Lipinski definition) is 2. The van der Waals surface area contributed by atoms with E-state index in [2.05, 4.69) is 0 Å². The quantitative estimate of drug-likeness (QED) is 0.732. The molecule has 0 radical (unpaired) electrons. The van der Waals surface area contributed by atoms with Gasteiger partial charge in [-0.1, -0.05) is 30.3 Å². The minimum absolute atomic E-state index is 0.00412. The van der Waals surface area contributed by atoms with Gasteiger partial charge in [0.05, 0.1) is 0 Å². The summed E-state index contributed by atoms with van der Waals surface area (Å²) in [5, 5.41) is 0. The average Bonchev–Trinajstić information content (AvgIpc) is 2.51. The number of Topliss-reactive ketones (excluding diaryl/α,β-unsaturated/α-hetero) is 1. The minimum Gasteiger partial charge on any atom is -0.328 e. The van der Waals surface area contributed by atoms with Crippen molar-refractivity contribution in [2.24, 2.45) is 5.41 Å². The van der Waals surface area contributed by atoms with Crippen LogP contribution in [0.2, 0.25) is 0 Å². The first-order valence-corrected chi connectivity index (χ1v) is 5.90. The molecule has 3 nitrogen and oxygen atoms in total. The van der Waals surface area contributed by atoms with Gasteiger partial charge in [-0.05, 0) is 26.3 Å². The summed E-state index contributed by atoms with van der Waals surface area (Å²) in [6, 6.07) is 9.09. The van der Waals surface area contributed by atoms with Crippen molar-refractivity contribution in [3.63, 3.8) is 0 Å². The Morgan fingerprint density at radius 3 is 2.29 bits per heavy atom. The zero-order valence-electron chi connectivity index (χ0n) is 10.4. The van der Waals surface area contributed by atoms with E-state index < -0.39 is 11.5 Å². The molecule has 3 heteroatoms. The molecular formula is C14H17NO2. The number of rotatable bonds is 2. The van der Waals surface area contributed by atoms with Gasteiger partial charge in [0.25, 0.3) is 0 Å². The summed E-state index contributed by atoms with van der Waals surface area (Å²) in [6.07, 6.45) is 0. The lowest BCUT2D eigenvalue weighted by Gasteiger charge is -2.22. The van der Waals surface area contributed by atoms with Crippen molar-refractivity contribution >= 4 is 11.7 Å². The third kappa shape index (κ3) is 1.66. The van der Waals surface area contributed by atoms with Gasteiger partial charge in [-0.15, -0.1) is 0 Å². The summed E-state index contributed by atoms with van der Waals surface area (Å²) in [6.45, 7) is 5.89. The first-order valence-electron chi connectivity index (χ1n) is 5.90. The molecule has 1 aliphatic heterocycles. The summed E-state index contributed by atoms with van der Waals surface area (Å²) in [7, 11) is 0. The van der Waals surface area contributed by atoms with E-state index in [-0.39, 0.29) is 11.7 Å². The summed E-state index contributed by atoms with van der Waals surface area (Å²) in [5.41, 5.74) is 0.00884.